The Hall–Kier alpha value is -3.99. The molecule has 3 aromatic carbocycles. The SMILES string of the molecule is COC(=O)c1ccc2nc(CN3CCC(c4cc(F)ccc4OCc4ccc(Cl)c5cc(F)oc45)CC3)n(C[C@@H]3CCO3)c2c1. The molecule has 2 aliphatic heterocycles. The Kier molecular flexibility index (Phi) is 8.20. The molecule has 4 heterocycles. The number of esters is 1. The summed E-state index contributed by atoms with van der Waals surface area (Å²) in [6.45, 7) is 3.77. The molecule has 2 aliphatic rings. The highest BCUT2D eigenvalue weighted by Crippen LogP contribution is 2.37. The molecule has 0 saturated carbocycles. The molecule has 0 bridgehead atoms. The Morgan fingerprint density at radius 2 is 1.89 bits per heavy atom. The topological polar surface area (TPSA) is 79.0 Å². The fraction of sp³-hybridized carbons (Fsp3) is 0.353. The van der Waals surface area contributed by atoms with E-state index in [4.69, 9.17) is 35.2 Å². The standard InChI is InChI=1S/C34H32ClF2N3O5/c1-42-34(41)21-3-6-28-29(14-21)40(17-24-10-13-43-24)32(38-28)18-39-11-8-20(9-12-39)25-15-23(36)4-7-30(25)44-19-22-2-5-27(35)26-16-31(37)45-33(22)26/h2-7,14-16,20,24H,8-13,17-19H2,1H3/t24-/m0/s1. The predicted molar refractivity (Wildman–Crippen MR) is 165 cm³/mol. The van der Waals surface area contributed by atoms with E-state index in [-0.39, 0.29) is 30.4 Å². The van der Waals surface area contributed by atoms with Crippen molar-refractivity contribution in [1.82, 2.24) is 14.5 Å². The number of methoxy groups -OCH3 is 1. The fourth-order valence-electron chi connectivity index (χ4n) is 6.33. The molecule has 0 unspecified atom stereocenters. The van der Waals surface area contributed by atoms with Crippen LogP contribution in [0.5, 0.6) is 5.75 Å². The van der Waals surface area contributed by atoms with Crippen LogP contribution in [0.4, 0.5) is 8.78 Å². The number of furan rings is 1. The van der Waals surface area contributed by atoms with Crippen molar-refractivity contribution in [3.63, 3.8) is 0 Å². The Morgan fingerprint density at radius 3 is 2.64 bits per heavy atom. The summed E-state index contributed by atoms with van der Waals surface area (Å²) in [5.74, 6) is 0.904. The normalized spacial score (nSPS) is 17.6. The van der Waals surface area contributed by atoms with Crippen LogP contribution < -0.4 is 4.74 Å². The van der Waals surface area contributed by atoms with Crippen LogP contribution >= 0.6 is 11.6 Å². The van der Waals surface area contributed by atoms with Gasteiger partial charge in [0.2, 0.25) is 0 Å². The minimum Gasteiger partial charge on any atom is -0.488 e. The van der Waals surface area contributed by atoms with Gasteiger partial charge in [-0.3, -0.25) is 4.90 Å². The van der Waals surface area contributed by atoms with Crippen LogP contribution in [0.2, 0.25) is 5.02 Å². The summed E-state index contributed by atoms with van der Waals surface area (Å²) in [4.78, 5) is 19.5. The highest BCUT2D eigenvalue weighted by Gasteiger charge is 2.27. The van der Waals surface area contributed by atoms with Crippen LogP contribution in [-0.2, 0) is 29.2 Å². The number of imidazole rings is 1. The van der Waals surface area contributed by atoms with E-state index in [1.165, 1.54) is 19.2 Å². The van der Waals surface area contributed by atoms with Crippen LogP contribution in [0.15, 0.2) is 59.0 Å². The van der Waals surface area contributed by atoms with E-state index in [1.807, 2.05) is 12.1 Å². The molecule has 11 heteroatoms. The number of ether oxygens (including phenoxy) is 3. The molecule has 0 N–H and O–H groups in total. The molecule has 45 heavy (non-hydrogen) atoms. The van der Waals surface area contributed by atoms with E-state index in [9.17, 15) is 13.6 Å². The van der Waals surface area contributed by atoms with Gasteiger partial charge in [-0.05, 0) is 80.7 Å². The summed E-state index contributed by atoms with van der Waals surface area (Å²) in [6, 6.07) is 14.0. The van der Waals surface area contributed by atoms with E-state index >= 15 is 0 Å². The number of carbonyl (C=O) groups excluding carboxylic acids is 1. The fourth-order valence-corrected chi connectivity index (χ4v) is 6.53. The predicted octanol–water partition coefficient (Wildman–Crippen LogP) is 7.25. The van der Waals surface area contributed by atoms with Gasteiger partial charge in [0, 0.05) is 29.2 Å². The average molecular weight is 636 g/mol. The van der Waals surface area contributed by atoms with E-state index in [0.717, 1.165) is 61.4 Å². The van der Waals surface area contributed by atoms with E-state index in [1.54, 1.807) is 30.3 Å². The van der Waals surface area contributed by atoms with E-state index < -0.39 is 6.01 Å². The summed E-state index contributed by atoms with van der Waals surface area (Å²) in [6.07, 6.45) is 2.73. The van der Waals surface area contributed by atoms with Crippen molar-refractivity contribution in [2.45, 2.75) is 51.0 Å². The summed E-state index contributed by atoms with van der Waals surface area (Å²) >= 11 is 6.21. The lowest BCUT2D eigenvalue weighted by molar-refractivity contribution is -0.0592. The highest BCUT2D eigenvalue weighted by molar-refractivity contribution is 6.35. The molecule has 7 rings (SSSR count). The summed E-state index contributed by atoms with van der Waals surface area (Å²) in [5.41, 5.74) is 4.00. The number of hydrogen-bond donors (Lipinski definition) is 0. The number of piperidine rings is 1. The molecule has 0 amide bonds. The van der Waals surface area contributed by atoms with Gasteiger partial charge in [0.05, 0.1) is 47.9 Å². The smallest absolute Gasteiger partial charge is 0.337 e. The summed E-state index contributed by atoms with van der Waals surface area (Å²) in [7, 11) is 1.37. The number of nitrogens with zero attached hydrogens (tertiary/aromatic N) is 3. The monoisotopic (exact) mass is 635 g/mol. The molecule has 2 fully saturated rings. The van der Waals surface area contributed by atoms with Crippen molar-refractivity contribution >= 4 is 39.6 Å². The van der Waals surface area contributed by atoms with Crippen LogP contribution in [0, 0.1) is 11.8 Å². The first-order valence-electron chi connectivity index (χ1n) is 15.1. The molecule has 1 atom stereocenters. The molecule has 2 saturated heterocycles. The van der Waals surface area contributed by atoms with Crippen molar-refractivity contribution in [2.75, 3.05) is 26.8 Å². The first kappa shape index (κ1) is 29.7. The van der Waals surface area contributed by atoms with Crippen molar-refractivity contribution in [3.8, 4) is 5.75 Å². The van der Waals surface area contributed by atoms with Gasteiger partial charge < -0.3 is 23.2 Å². The molecule has 234 valence electrons. The maximum absolute atomic E-state index is 14.5. The van der Waals surface area contributed by atoms with Crippen LogP contribution in [-0.4, -0.2) is 53.3 Å². The second-order valence-corrected chi connectivity index (χ2v) is 12.0. The first-order chi connectivity index (χ1) is 21.9. The number of likely N-dealkylation sites (tertiary alicyclic amines) is 1. The molecule has 0 spiro atoms. The first-order valence-corrected chi connectivity index (χ1v) is 15.4. The van der Waals surface area contributed by atoms with Gasteiger partial charge in [-0.25, -0.2) is 14.2 Å². The average Bonchev–Trinajstić information content (AvgIpc) is 3.59. The minimum absolute atomic E-state index is 0.100. The van der Waals surface area contributed by atoms with Crippen molar-refractivity contribution in [2.24, 2.45) is 0 Å². The molecular formula is C34H32ClF2N3O5. The molecule has 2 aromatic heterocycles. The summed E-state index contributed by atoms with van der Waals surface area (Å²) in [5, 5.41) is 0.883. The zero-order valence-corrected chi connectivity index (χ0v) is 25.5. The number of hydrogen-bond acceptors (Lipinski definition) is 7. The number of benzene rings is 3. The Morgan fingerprint density at radius 1 is 1.07 bits per heavy atom. The lowest BCUT2D eigenvalue weighted by Crippen LogP contribution is -2.35. The van der Waals surface area contributed by atoms with Gasteiger partial charge in [-0.2, -0.15) is 4.39 Å². The maximum atomic E-state index is 14.5. The molecule has 8 nitrogen and oxygen atoms in total. The number of halogens is 3. The molecule has 0 aliphatic carbocycles. The van der Waals surface area contributed by atoms with Gasteiger partial charge in [-0.15, -0.1) is 0 Å². The Bertz CT molecular complexity index is 1880. The number of fused-ring (bicyclic) bond motifs is 2. The molecular weight excluding hydrogens is 604 g/mol. The molecule has 5 aromatic rings. The van der Waals surface area contributed by atoms with Gasteiger partial charge in [-0.1, -0.05) is 17.7 Å². The van der Waals surface area contributed by atoms with Crippen LogP contribution in [0.3, 0.4) is 0 Å². The number of carbonyl (C=O) groups is 1. The number of aromatic nitrogens is 2. The van der Waals surface area contributed by atoms with Crippen molar-refractivity contribution < 1.29 is 32.2 Å². The van der Waals surface area contributed by atoms with Crippen molar-refractivity contribution in [3.05, 3.63) is 94.0 Å². The van der Waals surface area contributed by atoms with Gasteiger partial charge >= 0.3 is 5.97 Å². The second-order valence-electron chi connectivity index (χ2n) is 11.6. The Labute approximate surface area is 263 Å². The molecule has 0 radical (unpaired) electrons. The largest absolute Gasteiger partial charge is 0.488 e. The van der Waals surface area contributed by atoms with E-state index in [0.29, 0.717) is 46.0 Å². The third-order valence-electron chi connectivity index (χ3n) is 8.86. The minimum atomic E-state index is -0.716. The van der Waals surface area contributed by atoms with Crippen LogP contribution in [0.25, 0.3) is 22.0 Å². The Balaban J connectivity index is 1.06. The second kappa shape index (κ2) is 12.4. The maximum Gasteiger partial charge on any atom is 0.337 e. The van der Waals surface area contributed by atoms with E-state index in [2.05, 4.69) is 9.47 Å². The number of rotatable bonds is 9. The highest BCUT2D eigenvalue weighted by atomic mass is 35.5. The zero-order chi connectivity index (χ0) is 31.1. The third-order valence-corrected chi connectivity index (χ3v) is 9.19. The lowest BCUT2D eigenvalue weighted by Gasteiger charge is -2.33. The van der Waals surface area contributed by atoms with Gasteiger partial charge in [0.1, 0.15) is 29.6 Å². The zero-order valence-electron chi connectivity index (χ0n) is 24.7. The van der Waals surface area contributed by atoms with Gasteiger partial charge in [0.15, 0.2) is 0 Å². The van der Waals surface area contributed by atoms with Crippen molar-refractivity contribution in [1.29, 1.82) is 0 Å². The summed E-state index contributed by atoms with van der Waals surface area (Å²) < 4.78 is 52.6. The van der Waals surface area contributed by atoms with Gasteiger partial charge in [0.25, 0.3) is 6.01 Å². The van der Waals surface area contributed by atoms with Crippen LogP contribution in [0.1, 0.15) is 52.5 Å². The lowest BCUT2D eigenvalue weighted by atomic mass is 9.88. The quantitative estimate of drug-likeness (QED) is 0.158. The third kappa shape index (κ3) is 6.02.